The molecule has 0 saturated heterocycles. The lowest BCUT2D eigenvalue weighted by atomic mass is 10.2. The zero-order valence-electron chi connectivity index (χ0n) is 9.50. The van der Waals surface area contributed by atoms with E-state index in [1.807, 2.05) is 24.3 Å². The number of rotatable bonds is 3. The van der Waals surface area contributed by atoms with E-state index in [1.165, 1.54) is 0 Å². The average molecular weight is 227 g/mol. The summed E-state index contributed by atoms with van der Waals surface area (Å²) in [6.45, 7) is 0. The van der Waals surface area contributed by atoms with Crippen molar-refractivity contribution in [2.24, 2.45) is 4.99 Å². The van der Waals surface area contributed by atoms with Gasteiger partial charge in [0.2, 0.25) is 0 Å². The lowest BCUT2D eigenvalue weighted by Crippen LogP contribution is -1.83. The number of hydrogen-bond donors (Lipinski definition) is 1. The first kappa shape index (κ1) is 11.2. The molecule has 2 aromatic rings. The fourth-order valence-corrected chi connectivity index (χ4v) is 1.44. The number of benzene rings is 2. The van der Waals surface area contributed by atoms with Crippen molar-refractivity contribution in [3.8, 4) is 11.5 Å². The van der Waals surface area contributed by atoms with Crippen LogP contribution in [0.15, 0.2) is 53.5 Å². The van der Waals surface area contributed by atoms with Gasteiger partial charge in [0.1, 0.15) is 17.2 Å². The second-order valence-corrected chi connectivity index (χ2v) is 3.52. The number of hydrogen-bond acceptors (Lipinski definition) is 3. The Morgan fingerprint density at radius 3 is 2.47 bits per heavy atom. The van der Waals surface area contributed by atoms with Gasteiger partial charge in [-0.2, -0.15) is 0 Å². The number of para-hydroxylation sites is 2. The fraction of sp³-hybridized carbons (Fsp3) is 0.0714. The van der Waals surface area contributed by atoms with Crippen LogP contribution >= 0.6 is 0 Å². The van der Waals surface area contributed by atoms with Gasteiger partial charge in [0.15, 0.2) is 0 Å². The first-order valence-electron chi connectivity index (χ1n) is 5.26. The molecule has 0 fully saturated rings. The molecule has 0 aromatic heterocycles. The highest BCUT2D eigenvalue weighted by Gasteiger charge is 1.97. The molecule has 0 radical (unpaired) electrons. The van der Waals surface area contributed by atoms with Crippen LogP contribution in [-0.2, 0) is 0 Å². The molecule has 3 heteroatoms. The molecule has 17 heavy (non-hydrogen) atoms. The molecule has 0 aliphatic carbocycles. The predicted octanol–water partition coefficient (Wildman–Crippen LogP) is 3.15. The van der Waals surface area contributed by atoms with Crippen LogP contribution in [0.25, 0.3) is 0 Å². The molecular formula is C14H13NO2. The Labute approximate surface area is 100 Å². The van der Waals surface area contributed by atoms with E-state index >= 15 is 0 Å². The predicted molar refractivity (Wildman–Crippen MR) is 68.4 cm³/mol. The Hall–Kier alpha value is -2.29. The summed E-state index contributed by atoms with van der Waals surface area (Å²) in [5.41, 5.74) is 1.71. The first-order chi connectivity index (χ1) is 8.29. The highest BCUT2D eigenvalue weighted by molar-refractivity contribution is 5.82. The largest absolute Gasteiger partial charge is 0.508 e. The number of methoxy groups -OCH3 is 1. The van der Waals surface area contributed by atoms with Crippen LogP contribution in [0.4, 0.5) is 5.69 Å². The summed E-state index contributed by atoms with van der Waals surface area (Å²) >= 11 is 0. The summed E-state index contributed by atoms with van der Waals surface area (Å²) < 4.78 is 5.20. The van der Waals surface area contributed by atoms with Crippen LogP contribution in [0.3, 0.4) is 0 Å². The second-order valence-electron chi connectivity index (χ2n) is 3.52. The van der Waals surface area contributed by atoms with Gasteiger partial charge in [0, 0.05) is 6.21 Å². The molecule has 0 bridgehead atoms. The van der Waals surface area contributed by atoms with Crippen molar-refractivity contribution in [3.63, 3.8) is 0 Å². The summed E-state index contributed by atoms with van der Waals surface area (Å²) in [6, 6.07) is 14.4. The Morgan fingerprint density at radius 1 is 1.06 bits per heavy atom. The van der Waals surface area contributed by atoms with E-state index in [0.29, 0.717) is 0 Å². The van der Waals surface area contributed by atoms with Gasteiger partial charge >= 0.3 is 0 Å². The number of ether oxygens (including phenoxy) is 1. The third-order valence-electron chi connectivity index (χ3n) is 2.33. The van der Waals surface area contributed by atoms with E-state index in [0.717, 1.165) is 17.0 Å². The summed E-state index contributed by atoms with van der Waals surface area (Å²) in [6.07, 6.45) is 1.73. The lowest BCUT2D eigenvalue weighted by molar-refractivity contribution is 0.416. The summed E-state index contributed by atoms with van der Waals surface area (Å²) in [5, 5.41) is 9.16. The van der Waals surface area contributed by atoms with Crippen LogP contribution in [0, 0.1) is 0 Å². The molecule has 3 nitrogen and oxygen atoms in total. The molecule has 0 aliphatic heterocycles. The monoisotopic (exact) mass is 227 g/mol. The molecule has 0 saturated carbocycles. The van der Waals surface area contributed by atoms with E-state index in [4.69, 9.17) is 9.84 Å². The minimum Gasteiger partial charge on any atom is -0.508 e. The van der Waals surface area contributed by atoms with E-state index < -0.39 is 0 Å². The van der Waals surface area contributed by atoms with Crippen molar-refractivity contribution < 1.29 is 9.84 Å². The van der Waals surface area contributed by atoms with E-state index in [1.54, 1.807) is 37.6 Å². The van der Waals surface area contributed by atoms with Crippen molar-refractivity contribution in [1.82, 2.24) is 0 Å². The number of aliphatic imine (C=N–C) groups is 1. The molecule has 0 amide bonds. The summed E-state index contributed by atoms with van der Waals surface area (Å²) in [4.78, 5) is 4.35. The third kappa shape index (κ3) is 2.84. The summed E-state index contributed by atoms with van der Waals surface area (Å²) in [5.74, 6) is 0.988. The Balaban J connectivity index is 2.22. The van der Waals surface area contributed by atoms with Crippen molar-refractivity contribution in [2.75, 3.05) is 7.11 Å². The van der Waals surface area contributed by atoms with Gasteiger partial charge in [0.05, 0.1) is 7.11 Å². The normalized spacial score (nSPS) is 10.6. The molecule has 2 rings (SSSR count). The molecule has 0 aliphatic rings. The van der Waals surface area contributed by atoms with Crippen LogP contribution in [0.5, 0.6) is 11.5 Å². The molecule has 0 heterocycles. The maximum Gasteiger partial charge on any atom is 0.144 e. The Bertz CT molecular complexity index is 518. The zero-order chi connectivity index (χ0) is 12.1. The summed E-state index contributed by atoms with van der Waals surface area (Å²) in [7, 11) is 1.62. The minimum absolute atomic E-state index is 0.249. The van der Waals surface area contributed by atoms with Gasteiger partial charge in [-0.05, 0) is 42.0 Å². The zero-order valence-corrected chi connectivity index (χ0v) is 9.50. The van der Waals surface area contributed by atoms with E-state index in [-0.39, 0.29) is 5.75 Å². The number of phenolic OH excluding ortho intramolecular Hbond substituents is 1. The van der Waals surface area contributed by atoms with Gasteiger partial charge in [-0.25, -0.2) is 0 Å². The first-order valence-corrected chi connectivity index (χ1v) is 5.26. The van der Waals surface area contributed by atoms with Gasteiger partial charge < -0.3 is 9.84 Å². The quantitative estimate of drug-likeness (QED) is 0.818. The third-order valence-corrected chi connectivity index (χ3v) is 2.33. The SMILES string of the molecule is COc1ccccc1N=Cc1ccc(O)cc1. The molecule has 0 atom stereocenters. The van der Waals surface area contributed by atoms with Crippen LogP contribution in [0.2, 0.25) is 0 Å². The van der Waals surface area contributed by atoms with E-state index in [9.17, 15) is 0 Å². The molecule has 0 spiro atoms. The number of nitrogens with zero attached hydrogens (tertiary/aromatic N) is 1. The average Bonchev–Trinajstić information content (AvgIpc) is 2.38. The van der Waals surface area contributed by atoms with Gasteiger partial charge in [-0.15, -0.1) is 0 Å². The van der Waals surface area contributed by atoms with Crippen molar-refractivity contribution in [1.29, 1.82) is 0 Å². The van der Waals surface area contributed by atoms with Crippen molar-refractivity contribution in [3.05, 3.63) is 54.1 Å². The smallest absolute Gasteiger partial charge is 0.144 e. The number of phenols is 1. The second kappa shape index (κ2) is 5.16. The Kier molecular flexibility index (Phi) is 3.40. The molecule has 2 aromatic carbocycles. The molecule has 1 N–H and O–H groups in total. The minimum atomic E-state index is 0.249. The van der Waals surface area contributed by atoms with Crippen LogP contribution < -0.4 is 4.74 Å². The molecule has 0 unspecified atom stereocenters. The highest BCUT2D eigenvalue weighted by atomic mass is 16.5. The van der Waals surface area contributed by atoms with Gasteiger partial charge in [-0.3, -0.25) is 4.99 Å². The highest BCUT2D eigenvalue weighted by Crippen LogP contribution is 2.26. The maximum absolute atomic E-state index is 9.16. The Morgan fingerprint density at radius 2 is 1.76 bits per heavy atom. The topological polar surface area (TPSA) is 41.8 Å². The van der Waals surface area contributed by atoms with Gasteiger partial charge in [0.25, 0.3) is 0 Å². The molecule has 86 valence electrons. The van der Waals surface area contributed by atoms with E-state index in [2.05, 4.69) is 4.99 Å². The molecular weight excluding hydrogens is 214 g/mol. The van der Waals surface area contributed by atoms with Crippen LogP contribution in [0.1, 0.15) is 5.56 Å². The fourth-order valence-electron chi connectivity index (χ4n) is 1.44. The van der Waals surface area contributed by atoms with Crippen LogP contribution in [-0.4, -0.2) is 18.4 Å². The number of aromatic hydroxyl groups is 1. The van der Waals surface area contributed by atoms with Crippen molar-refractivity contribution in [2.45, 2.75) is 0 Å². The van der Waals surface area contributed by atoms with Crippen molar-refractivity contribution >= 4 is 11.9 Å². The standard InChI is InChI=1S/C14H13NO2/c1-17-14-5-3-2-4-13(14)15-10-11-6-8-12(16)9-7-11/h2-10,16H,1H3. The van der Waals surface area contributed by atoms with Gasteiger partial charge in [-0.1, -0.05) is 12.1 Å². The maximum atomic E-state index is 9.16. The lowest BCUT2D eigenvalue weighted by Gasteiger charge is -2.02.